The molecule has 0 bridgehead atoms. The van der Waals surface area contributed by atoms with Crippen molar-refractivity contribution < 1.29 is 4.79 Å². The minimum absolute atomic E-state index is 0.232. The molecular formula is C10H12BrNOS. The zero-order valence-corrected chi connectivity index (χ0v) is 10.4. The predicted molar refractivity (Wildman–Crippen MR) is 62.0 cm³/mol. The van der Waals surface area contributed by atoms with Crippen molar-refractivity contribution >= 4 is 33.0 Å². The van der Waals surface area contributed by atoms with Gasteiger partial charge in [-0.3, -0.25) is 9.69 Å². The van der Waals surface area contributed by atoms with E-state index in [2.05, 4.69) is 20.8 Å². The third-order valence-electron chi connectivity index (χ3n) is 2.41. The molecule has 1 saturated carbocycles. The monoisotopic (exact) mass is 273 g/mol. The summed E-state index contributed by atoms with van der Waals surface area (Å²) < 4.78 is 1.02. The minimum Gasteiger partial charge on any atom is -0.296 e. The lowest BCUT2D eigenvalue weighted by Crippen LogP contribution is -2.27. The van der Waals surface area contributed by atoms with E-state index >= 15 is 0 Å². The molecule has 2 rings (SSSR count). The average Bonchev–Trinajstić information content (AvgIpc) is 2.89. The molecule has 0 radical (unpaired) electrons. The Kier molecular flexibility index (Phi) is 3.04. The van der Waals surface area contributed by atoms with Crippen molar-refractivity contribution in [3.05, 3.63) is 20.8 Å². The number of hydrogen-bond acceptors (Lipinski definition) is 3. The van der Waals surface area contributed by atoms with Crippen molar-refractivity contribution in [2.45, 2.75) is 18.9 Å². The summed E-state index contributed by atoms with van der Waals surface area (Å²) in [7, 11) is 2.03. The Labute approximate surface area is 96.0 Å². The summed E-state index contributed by atoms with van der Waals surface area (Å²) in [6.45, 7) is 0.553. The van der Waals surface area contributed by atoms with Crippen molar-refractivity contribution in [1.29, 1.82) is 0 Å². The largest absolute Gasteiger partial charge is 0.296 e. The van der Waals surface area contributed by atoms with Crippen molar-refractivity contribution in [3.8, 4) is 0 Å². The van der Waals surface area contributed by atoms with Gasteiger partial charge in [0.1, 0.15) is 0 Å². The second-order valence-electron chi connectivity index (χ2n) is 3.67. The number of carbonyl (C=O) groups is 1. The first-order chi connectivity index (χ1) is 6.66. The average molecular weight is 274 g/mol. The fraction of sp³-hybridized carbons (Fsp3) is 0.500. The number of Topliss-reactive ketones (excluding diaryl/α,β-unsaturated/α-hetero) is 1. The number of halogens is 1. The lowest BCUT2D eigenvalue weighted by molar-refractivity contribution is 0.0946. The van der Waals surface area contributed by atoms with Gasteiger partial charge in [-0.1, -0.05) is 0 Å². The van der Waals surface area contributed by atoms with Gasteiger partial charge in [0.15, 0.2) is 5.78 Å². The molecule has 76 valence electrons. The van der Waals surface area contributed by atoms with Crippen LogP contribution in [0.15, 0.2) is 15.9 Å². The van der Waals surface area contributed by atoms with Gasteiger partial charge in [0.2, 0.25) is 0 Å². The van der Waals surface area contributed by atoms with E-state index in [0.29, 0.717) is 12.6 Å². The molecule has 14 heavy (non-hydrogen) atoms. The van der Waals surface area contributed by atoms with E-state index in [0.717, 1.165) is 8.66 Å². The first-order valence-electron chi connectivity index (χ1n) is 4.65. The van der Waals surface area contributed by atoms with Crippen LogP contribution in [0.2, 0.25) is 0 Å². The van der Waals surface area contributed by atoms with Crippen LogP contribution in [0.3, 0.4) is 0 Å². The summed E-state index contributed by atoms with van der Waals surface area (Å²) in [4.78, 5) is 14.7. The highest BCUT2D eigenvalue weighted by molar-refractivity contribution is 9.11. The zero-order valence-electron chi connectivity index (χ0n) is 8.00. The summed E-state index contributed by atoms with van der Waals surface area (Å²) in [6.07, 6.45) is 2.50. The fourth-order valence-electron chi connectivity index (χ4n) is 1.41. The van der Waals surface area contributed by atoms with Crippen LogP contribution in [0.1, 0.15) is 22.5 Å². The van der Waals surface area contributed by atoms with E-state index in [1.165, 1.54) is 24.2 Å². The van der Waals surface area contributed by atoms with Gasteiger partial charge in [0, 0.05) is 6.04 Å². The first kappa shape index (κ1) is 10.3. The highest BCUT2D eigenvalue weighted by Crippen LogP contribution is 2.27. The number of hydrogen-bond donors (Lipinski definition) is 0. The number of likely N-dealkylation sites (N-methyl/N-ethyl adjacent to an activating group) is 1. The summed E-state index contributed by atoms with van der Waals surface area (Å²) in [5, 5.41) is 0. The molecule has 0 saturated heterocycles. The number of ketones is 1. The summed E-state index contributed by atoms with van der Waals surface area (Å²) in [5.41, 5.74) is 0. The molecule has 0 aliphatic heterocycles. The van der Waals surface area contributed by atoms with Gasteiger partial charge in [-0.15, -0.1) is 11.3 Å². The van der Waals surface area contributed by atoms with E-state index < -0.39 is 0 Å². The van der Waals surface area contributed by atoms with Gasteiger partial charge in [0.25, 0.3) is 0 Å². The smallest absolute Gasteiger partial charge is 0.186 e. The highest BCUT2D eigenvalue weighted by atomic mass is 79.9. The van der Waals surface area contributed by atoms with Gasteiger partial charge in [-0.2, -0.15) is 0 Å². The molecule has 0 atom stereocenters. The quantitative estimate of drug-likeness (QED) is 0.787. The van der Waals surface area contributed by atoms with Crippen LogP contribution < -0.4 is 0 Å². The standard InChI is InChI=1S/C10H12BrNOS/c1-12(7-2-3-7)6-8(13)9-4-5-10(11)14-9/h4-5,7H,2-3,6H2,1H3. The third-order valence-corrected chi connectivity index (χ3v) is 4.08. The van der Waals surface area contributed by atoms with E-state index in [4.69, 9.17) is 0 Å². The van der Waals surface area contributed by atoms with Crippen molar-refractivity contribution in [2.75, 3.05) is 13.6 Å². The Morgan fingerprint density at radius 3 is 2.86 bits per heavy atom. The van der Waals surface area contributed by atoms with Crippen LogP contribution in [0.5, 0.6) is 0 Å². The highest BCUT2D eigenvalue weighted by Gasteiger charge is 2.27. The zero-order chi connectivity index (χ0) is 10.1. The van der Waals surface area contributed by atoms with Gasteiger partial charge < -0.3 is 0 Å². The van der Waals surface area contributed by atoms with E-state index in [9.17, 15) is 4.79 Å². The van der Waals surface area contributed by atoms with Gasteiger partial charge in [-0.05, 0) is 48.0 Å². The van der Waals surface area contributed by atoms with Crippen LogP contribution in [-0.4, -0.2) is 30.3 Å². The molecule has 1 aromatic rings. The lowest BCUT2D eigenvalue weighted by atomic mass is 10.3. The lowest BCUT2D eigenvalue weighted by Gasteiger charge is -2.13. The third kappa shape index (κ3) is 2.43. The maximum absolute atomic E-state index is 11.7. The molecule has 0 spiro atoms. The van der Waals surface area contributed by atoms with E-state index in [1.54, 1.807) is 0 Å². The van der Waals surface area contributed by atoms with Gasteiger partial charge in [-0.25, -0.2) is 0 Å². The Bertz CT molecular complexity index is 346. The second kappa shape index (κ2) is 4.13. The molecule has 0 N–H and O–H groups in total. The van der Waals surface area contributed by atoms with Crippen molar-refractivity contribution in [1.82, 2.24) is 4.90 Å². The van der Waals surface area contributed by atoms with E-state index in [-0.39, 0.29) is 5.78 Å². The SMILES string of the molecule is CN(CC(=O)c1ccc(Br)s1)C1CC1. The normalized spacial score (nSPS) is 16.2. The topological polar surface area (TPSA) is 20.3 Å². The van der Waals surface area contributed by atoms with Gasteiger partial charge >= 0.3 is 0 Å². The number of nitrogens with zero attached hydrogens (tertiary/aromatic N) is 1. The molecular weight excluding hydrogens is 262 g/mol. The first-order valence-corrected chi connectivity index (χ1v) is 6.26. The molecule has 1 fully saturated rings. The second-order valence-corrected chi connectivity index (χ2v) is 6.14. The van der Waals surface area contributed by atoms with E-state index in [1.807, 2.05) is 19.2 Å². The maximum atomic E-state index is 11.7. The molecule has 2 nitrogen and oxygen atoms in total. The molecule has 1 aliphatic carbocycles. The summed E-state index contributed by atoms with van der Waals surface area (Å²) >= 11 is 4.87. The molecule has 0 aromatic carbocycles. The molecule has 1 aromatic heterocycles. The number of rotatable bonds is 4. The Hall–Kier alpha value is -0.190. The number of carbonyl (C=O) groups excluding carboxylic acids is 1. The van der Waals surface area contributed by atoms with Crippen LogP contribution in [0.25, 0.3) is 0 Å². The van der Waals surface area contributed by atoms with Crippen molar-refractivity contribution in [2.24, 2.45) is 0 Å². The minimum atomic E-state index is 0.232. The molecule has 1 heterocycles. The fourth-order valence-corrected chi connectivity index (χ4v) is 2.73. The Morgan fingerprint density at radius 2 is 2.36 bits per heavy atom. The van der Waals surface area contributed by atoms with Crippen molar-refractivity contribution in [3.63, 3.8) is 0 Å². The predicted octanol–water partition coefficient (Wildman–Crippen LogP) is 2.79. The van der Waals surface area contributed by atoms with Gasteiger partial charge in [0.05, 0.1) is 15.2 Å². The Morgan fingerprint density at radius 1 is 1.64 bits per heavy atom. The van der Waals surface area contributed by atoms with Crippen LogP contribution in [-0.2, 0) is 0 Å². The molecule has 4 heteroatoms. The molecule has 0 unspecified atom stereocenters. The van der Waals surface area contributed by atoms with Crippen LogP contribution in [0, 0.1) is 0 Å². The van der Waals surface area contributed by atoms with Crippen LogP contribution in [0.4, 0.5) is 0 Å². The maximum Gasteiger partial charge on any atom is 0.186 e. The summed E-state index contributed by atoms with van der Waals surface area (Å²) in [6, 6.07) is 4.47. The molecule has 1 aliphatic rings. The van der Waals surface area contributed by atoms with Crippen LogP contribution >= 0.6 is 27.3 Å². The Balaban J connectivity index is 1.94. The molecule has 0 amide bonds. The number of thiophene rings is 1. The summed E-state index contributed by atoms with van der Waals surface area (Å²) in [5.74, 6) is 0.232.